The normalized spacial score (nSPS) is 14.0. The molecule has 3 aromatic rings. The van der Waals surface area contributed by atoms with Gasteiger partial charge in [-0.3, -0.25) is 4.98 Å². The number of benzene rings is 2. The molecule has 0 radical (unpaired) electrons. The first-order valence-electron chi connectivity index (χ1n) is 7.16. The van der Waals surface area contributed by atoms with Crippen LogP contribution in [0.4, 0.5) is 0 Å². The maximum Gasteiger partial charge on any atom is 0.0786 e. The van der Waals surface area contributed by atoms with Crippen molar-refractivity contribution in [1.82, 2.24) is 4.98 Å². The van der Waals surface area contributed by atoms with Crippen LogP contribution in [-0.2, 0) is 0 Å². The zero-order valence-corrected chi connectivity index (χ0v) is 11.9. The standard InChI is InChI=1S/C20H15N/c1-14-8-10-15(11-9-14)13-19-17-6-3-2-5-16(17)18-7-4-12-21-20(18)19/h2-13H,1H3/b19-13+. The number of pyridine rings is 1. The lowest BCUT2D eigenvalue weighted by molar-refractivity contribution is 1.30. The molecule has 0 saturated heterocycles. The molecule has 0 saturated carbocycles. The molecule has 0 aliphatic heterocycles. The van der Waals surface area contributed by atoms with E-state index in [1.165, 1.54) is 33.4 Å². The largest absolute Gasteiger partial charge is 0.256 e. The van der Waals surface area contributed by atoms with E-state index >= 15 is 0 Å². The topological polar surface area (TPSA) is 12.9 Å². The van der Waals surface area contributed by atoms with Gasteiger partial charge >= 0.3 is 0 Å². The number of fused-ring (bicyclic) bond motifs is 3. The van der Waals surface area contributed by atoms with E-state index in [2.05, 4.69) is 72.6 Å². The van der Waals surface area contributed by atoms with Crippen LogP contribution >= 0.6 is 0 Å². The molecule has 0 amide bonds. The Morgan fingerprint density at radius 1 is 0.762 bits per heavy atom. The third-order valence-corrected chi connectivity index (χ3v) is 3.96. The molecule has 0 unspecified atom stereocenters. The van der Waals surface area contributed by atoms with Gasteiger partial charge in [-0.1, -0.05) is 60.2 Å². The van der Waals surface area contributed by atoms with Crippen molar-refractivity contribution in [2.75, 3.05) is 0 Å². The van der Waals surface area contributed by atoms with Gasteiger partial charge in [0.1, 0.15) is 0 Å². The Hall–Kier alpha value is -2.67. The summed E-state index contributed by atoms with van der Waals surface area (Å²) in [6.07, 6.45) is 4.10. The molecule has 1 aliphatic carbocycles. The Labute approximate surface area is 124 Å². The first-order valence-corrected chi connectivity index (χ1v) is 7.16. The first-order chi connectivity index (χ1) is 10.3. The Kier molecular flexibility index (Phi) is 2.71. The molecule has 2 aromatic carbocycles. The van der Waals surface area contributed by atoms with Crippen LogP contribution in [0.5, 0.6) is 0 Å². The molecular weight excluding hydrogens is 254 g/mol. The highest BCUT2D eigenvalue weighted by molar-refractivity contribution is 6.05. The molecule has 1 aliphatic rings. The van der Waals surface area contributed by atoms with Crippen molar-refractivity contribution in [2.45, 2.75) is 6.92 Å². The third-order valence-electron chi connectivity index (χ3n) is 3.96. The van der Waals surface area contributed by atoms with E-state index in [0.29, 0.717) is 0 Å². The van der Waals surface area contributed by atoms with Crippen LogP contribution < -0.4 is 0 Å². The van der Waals surface area contributed by atoms with Crippen LogP contribution in [0.25, 0.3) is 22.8 Å². The molecule has 21 heavy (non-hydrogen) atoms. The molecule has 1 nitrogen and oxygen atoms in total. The average molecular weight is 269 g/mol. The van der Waals surface area contributed by atoms with Gasteiger partial charge in [-0.25, -0.2) is 0 Å². The predicted molar refractivity (Wildman–Crippen MR) is 87.8 cm³/mol. The molecular formula is C20H15N. The summed E-state index contributed by atoms with van der Waals surface area (Å²) in [5.41, 5.74) is 8.56. The van der Waals surface area contributed by atoms with Gasteiger partial charge in [-0.2, -0.15) is 0 Å². The quantitative estimate of drug-likeness (QED) is 0.476. The molecule has 4 rings (SSSR count). The Morgan fingerprint density at radius 2 is 1.48 bits per heavy atom. The van der Waals surface area contributed by atoms with Gasteiger partial charge in [0.15, 0.2) is 0 Å². The van der Waals surface area contributed by atoms with Crippen molar-refractivity contribution >= 4 is 11.6 Å². The lowest BCUT2D eigenvalue weighted by atomic mass is 10.0. The number of aromatic nitrogens is 1. The lowest BCUT2D eigenvalue weighted by Crippen LogP contribution is -1.85. The van der Waals surface area contributed by atoms with E-state index in [1.54, 1.807) is 0 Å². The maximum atomic E-state index is 4.60. The average Bonchev–Trinajstić information content (AvgIpc) is 2.85. The zero-order chi connectivity index (χ0) is 14.2. The molecule has 0 spiro atoms. The van der Waals surface area contributed by atoms with Crippen molar-refractivity contribution in [3.05, 3.63) is 89.2 Å². The van der Waals surface area contributed by atoms with Crippen LogP contribution in [0.1, 0.15) is 22.4 Å². The number of hydrogen-bond donors (Lipinski definition) is 0. The second kappa shape index (κ2) is 4.71. The monoisotopic (exact) mass is 269 g/mol. The summed E-state index contributed by atoms with van der Waals surface area (Å²) in [5, 5.41) is 0. The van der Waals surface area contributed by atoms with Crippen LogP contribution in [0, 0.1) is 6.92 Å². The molecule has 0 bridgehead atoms. The van der Waals surface area contributed by atoms with E-state index in [1.807, 2.05) is 12.3 Å². The zero-order valence-electron chi connectivity index (χ0n) is 11.9. The van der Waals surface area contributed by atoms with E-state index in [0.717, 1.165) is 5.69 Å². The summed E-state index contributed by atoms with van der Waals surface area (Å²) in [6.45, 7) is 2.11. The van der Waals surface area contributed by atoms with Gasteiger partial charge in [-0.05, 0) is 35.8 Å². The highest BCUT2D eigenvalue weighted by atomic mass is 14.7. The van der Waals surface area contributed by atoms with Crippen LogP contribution in [-0.4, -0.2) is 4.98 Å². The van der Waals surface area contributed by atoms with E-state index < -0.39 is 0 Å². The SMILES string of the molecule is Cc1ccc(/C=C2\c3ccccc3-c3cccnc32)cc1. The fraction of sp³-hybridized carbons (Fsp3) is 0.0500. The van der Waals surface area contributed by atoms with Gasteiger partial charge in [0.05, 0.1) is 5.69 Å². The number of aryl methyl sites for hydroxylation is 1. The van der Waals surface area contributed by atoms with Crippen molar-refractivity contribution in [3.8, 4) is 11.1 Å². The number of nitrogens with zero attached hydrogens (tertiary/aromatic N) is 1. The Balaban J connectivity index is 1.94. The van der Waals surface area contributed by atoms with Crippen molar-refractivity contribution in [2.24, 2.45) is 0 Å². The second-order valence-corrected chi connectivity index (χ2v) is 5.41. The predicted octanol–water partition coefficient (Wildman–Crippen LogP) is 4.96. The highest BCUT2D eigenvalue weighted by Crippen LogP contribution is 2.43. The van der Waals surface area contributed by atoms with Crippen molar-refractivity contribution in [1.29, 1.82) is 0 Å². The highest BCUT2D eigenvalue weighted by Gasteiger charge is 2.23. The minimum absolute atomic E-state index is 1.08. The molecule has 1 heteroatoms. The van der Waals surface area contributed by atoms with Crippen molar-refractivity contribution in [3.63, 3.8) is 0 Å². The summed E-state index contributed by atoms with van der Waals surface area (Å²) in [4.78, 5) is 4.60. The van der Waals surface area contributed by atoms with Gasteiger partial charge in [0.25, 0.3) is 0 Å². The smallest absolute Gasteiger partial charge is 0.0786 e. The molecule has 100 valence electrons. The van der Waals surface area contributed by atoms with E-state index in [9.17, 15) is 0 Å². The van der Waals surface area contributed by atoms with Gasteiger partial charge in [0, 0.05) is 17.3 Å². The molecule has 0 N–H and O–H groups in total. The Morgan fingerprint density at radius 3 is 2.29 bits per heavy atom. The maximum absolute atomic E-state index is 4.60. The summed E-state index contributed by atoms with van der Waals surface area (Å²) in [5.74, 6) is 0. The molecule has 1 aromatic heterocycles. The molecule has 0 atom stereocenters. The number of hydrogen-bond acceptors (Lipinski definition) is 1. The first kappa shape index (κ1) is 12.1. The van der Waals surface area contributed by atoms with Crippen LogP contribution in [0.3, 0.4) is 0 Å². The van der Waals surface area contributed by atoms with Gasteiger partial charge in [0.2, 0.25) is 0 Å². The van der Waals surface area contributed by atoms with E-state index in [4.69, 9.17) is 0 Å². The summed E-state index contributed by atoms with van der Waals surface area (Å²) in [7, 11) is 0. The minimum atomic E-state index is 1.08. The minimum Gasteiger partial charge on any atom is -0.256 e. The fourth-order valence-electron chi connectivity index (χ4n) is 2.89. The van der Waals surface area contributed by atoms with E-state index in [-0.39, 0.29) is 0 Å². The van der Waals surface area contributed by atoms with Gasteiger partial charge in [-0.15, -0.1) is 0 Å². The van der Waals surface area contributed by atoms with Crippen molar-refractivity contribution < 1.29 is 0 Å². The molecule has 1 heterocycles. The van der Waals surface area contributed by atoms with Gasteiger partial charge < -0.3 is 0 Å². The second-order valence-electron chi connectivity index (χ2n) is 5.41. The molecule has 0 fully saturated rings. The third kappa shape index (κ3) is 1.98. The summed E-state index contributed by atoms with van der Waals surface area (Å²) >= 11 is 0. The number of rotatable bonds is 1. The lowest BCUT2D eigenvalue weighted by Gasteiger charge is -2.02. The van der Waals surface area contributed by atoms with Crippen LogP contribution in [0.2, 0.25) is 0 Å². The summed E-state index contributed by atoms with van der Waals surface area (Å²) in [6, 6.07) is 21.3. The summed E-state index contributed by atoms with van der Waals surface area (Å²) < 4.78 is 0. The Bertz CT molecular complexity index is 794. The van der Waals surface area contributed by atoms with Crippen LogP contribution in [0.15, 0.2) is 66.9 Å². The fourth-order valence-corrected chi connectivity index (χ4v) is 2.89.